The van der Waals surface area contributed by atoms with Crippen LogP contribution in [0.3, 0.4) is 0 Å². The largest absolute Gasteiger partial charge is 0.375 e. The number of carbonyl (C=O) groups excluding carboxylic acids is 1. The number of hydrogen-bond acceptors (Lipinski definition) is 4. The first-order valence-corrected chi connectivity index (χ1v) is 8.38. The third-order valence-corrected chi connectivity index (χ3v) is 5.04. The van der Waals surface area contributed by atoms with Gasteiger partial charge in [0.25, 0.3) is 5.91 Å². The van der Waals surface area contributed by atoms with Crippen LogP contribution in [0.4, 0.5) is 0 Å². The molecule has 0 radical (unpaired) electrons. The summed E-state index contributed by atoms with van der Waals surface area (Å²) < 4.78 is 32.9. The van der Waals surface area contributed by atoms with E-state index in [9.17, 15) is 13.2 Å². The summed E-state index contributed by atoms with van der Waals surface area (Å²) in [6, 6.07) is 1.41. The van der Waals surface area contributed by atoms with Crippen molar-refractivity contribution in [3.63, 3.8) is 0 Å². The number of amides is 1. The number of aryl methyl sites for hydroxylation is 1. The molecule has 1 amide bonds. The topological polar surface area (TPSA) is 80.6 Å². The minimum Gasteiger partial charge on any atom is -0.375 e. The van der Waals surface area contributed by atoms with Crippen molar-refractivity contribution in [1.29, 1.82) is 0 Å². The standard InChI is InChI=1S/C13H21N3O4S/c1-4-10-8-16(5-6-20-10)13(17)12-7-11(9-15(12)3)21(18,19)14-2/h7,9-10,14H,4-6,8H2,1-3H3. The van der Waals surface area contributed by atoms with Crippen LogP contribution in [0.25, 0.3) is 0 Å². The molecule has 1 fully saturated rings. The van der Waals surface area contributed by atoms with Gasteiger partial charge < -0.3 is 14.2 Å². The van der Waals surface area contributed by atoms with Crippen LogP contribution in [0.1, 0.15) is 23.8 Å². The molecular formula is C13H21N3O4S. The molecule has 2 heterocycles. The van der Waals surface area contributed by atoms with Crippen LogP contribution in [0.2, 0.25) is 0 Å². The summed E-state index contributed by atoms with van der Waals surface area (Å²) in [5.74, 6) is -0.170. The Hall–Kier alpha value is -1.38. The summed E-state index contributed by atoms with van der Waals surface area (Å²) in [6.45, 7) is 3.58. The summed E-state index contributed by atoms with van der Waals surface area (Å²) >= 11 is 0. The van der Waals surface area contributed by atoms with Gasteiger partial charge in [-0.25, -0.2) is 13.1 Å². The van der Waals surface area contributed by atoms with Gasteiger partial charge in [-0.15, -0.1) is 0 Å². The van der Waals surface area contributed by atoms with Crippen molar-refractivity contribution in [3.8, 4) is 0 Å². The third kappa shape index (κ3) is 3.28. The van der Waals surface area contributed by atoms with Gasteiger partial charge in [-0.05, 0) is 19.5 Å². The molecule has 7 nitrogen and oxygen atoms in total. The van der Waals surface area contributed by atoms with E-state index < -0.39 is 10.0 Å². The lowest BCUT2D eigenvalue weighted by atomic mass is 10.2. The molecule has 1 N–H and O–H groups in total. The van der Waals surface area contributed by atoms with Gasteiger partial charge >= 0.3 is 0 Å². The zero-order chi connectivity index (χ0) is 15.6. The predicted octanol–water partition coefficient (Wildman–Crippen LogP) is 0.184. The van der Waals surface area contributed by atoms with E-state index in [0.717, 1.165) is 6.42 Å². The Kier molecular flexibility index (Phi) is 4.70. The molecule has 1 saturated heterocycles. The minimum absolute atomic E-state index is 0.0449. The molecular weight excluding hydrogens is 294 g/mol. The molecule has 1 atom stereocenters. The van der Waals surface area contributed by atoms with E-state index in [1.165, 1.54) is 19.3 Å². The lowest BCUT2D eigenvalue weighted by Crippen LogP contribution is -2.45. The fourth-order valence-corrected chi connectivity index (χ4v) is 3.12. The van der Waals surface area contributed by atoms with Gasteiger partial charge in [0.05, 0.1) is 12.7 Å². The average Bonchev–Trinajstić information content (AvgIpc) is 2.89. The van der Waals surface area contributed by atoms with E-state index in [1.54, 1.807) is 16.5 Å². The lowest BCUT2D eigenvalue weighted by Gasteiger charge is -2.32. The van der Waals surface area contributed by atoms with Crippen molar-refractivity contribution in [2.24, 2.45) is 7.05 Å². The van der Waals surface area contributed by atoms with Crippen molar-refractivity contribution in [1.82, 2.24) is 14.2 Å². The fraction of sp³-hybridized carbons (Fsp3) is 0.615. The van der Waals surface area contributed by atoms with Crippen LogP contribution in [-0.4, -0.2) is 56.6 Å². The number of ether oxygens (including phenoxy) is 1. The molecule has 2 rings (SSSR count). The highest BCUT2D eigenvalue weighted by Crippen LogP contribution is 2.17. The number of sulfonamides is 1. The van der Waals surface area contributed by atoms with Gasteiger partial charge in [0.1, 0.15) is 10.6 Å². The Balaban J connectivity index is 2.24. The van der Waals surface area contributed by atoms with Crippen molar-refractivity contribution in [2.75, 3.05) is 26.7 Å². The van der Waals surface area contributed by atoms with Crippen LogP contribution >= 0.6 is 0 Å². The summed E-state index contributed by atoms with van der Waals surface area (Å²) in [6.07, 6.45) is 2.33. The van der Waals surface area contributed by atoms with Gasteiger partial charge in [-0.1, -0.05) is 6.92 Å². The van der Waals surface area contributed by atoms with E-state index in [0.29, 0.717) is 25.4 Å². The second kappa shape index (κ2) is 6.17. The van der Waals surface area contributed by atoms with Crippen LogP contribution in [0.5, 0.6) is 0 Å². The zero-order valence-corrected chi connectivity index (χ0v) is 13.3. The number of hydrogen-bond donors (Lipinski definition) is 1. The molecule has 118 valence electrons. The highest BCUT2D eigenvalue weighted by molar-refractivity contribution is 7.89. The second-order valence-electron chi connectivity index (χ2n) is 5.03. The molecule has 1 aliphatic rings. The molecule has 1 aliphatic heterocycles. The number of nitrogens with one attached hydrogen (secondary N) is 1. The molecule has 0 spiro atoms. The van der Waals surface area contributed by atoms with Gasteiger partial charge in [-0.2, -0.15) is 0 Å². The Bertz CT molecular complexity index is 623. The second-order valence-corrected chi connectivity index (χ2v) is 6.92. The van der Waals surface area contributed by atoms with E-state index >= 15 is 0 Å². The van der Waals surface area contributed by atoms with E-state index in [2.05, 4.69) is 4.72 Å². The SMILES string of the molecule is CCC1CN(C(=O)c2cc(S(=O)(=O)NC)cn2C)CCO1. The first-order valence-electron chi connectivity index (χ1n) is 6.89. The first kappa shape index (κ1) is 16.0. The maximum absolute atomic E-state index is 12.5. The van der Waals surface area contributed by atoms with Gasteiger partial charge in [0, 0.05) is 26.3 Å². The number of aromatic nitrogens is 1. The van der Waals surface area contributed by atoms with E-state index in [-0.39, 0.29) is 16.9 Å². The molecule has 8 heteroatoms. The molecule has 1 aromatic rings. The van der Waals surface area contributed by atoms with Gasteiger partial charge in [0.2, 0.25) is 10.0 Å². The highest BCUT2D eigenvalue weighted by atomic mass is 32.2. The molecule has 0 aromatic carbocycles. The molecule has 0 bridgehead atoms. The zero-order valence-electron chi connectivity index (χ0n) is 12.5. The van der Waals surface area contributed by atoms with Crippen molar-refractivity contribution in [3.05, 3.63) is 18.0 Å². The molecule has 21 heavy (non-hydrogen) atoms. The lowest BCUT2D eigenvalue weighted by molar-refractivity contribution is -0.0229. The third-order valence-electron chi connectivity index (χ3n) is 3.66. The summed E-state index contributed by atoms with van der Waals surface area (Å²) in [5.41, 5.74) is 0.362. The van der Waals surface area contributed by atoms with Crippen LogP contribution in [-0.2, 0) is 21.8 Å². The van der Waals surface area contributed by atoms with Crippen molar-refractivity contribution < 1.29 is 17.9 Å². The Morgan fingerprint density at radius 3 is 2.86 bits per heavy atom. The normalized spacial score (nSPS) is 19.8. The van der Waals surface area contributed by atoms with Gasteiger partial charge in [0.15, 0.2) is 0 Å². The number of rotatable bonds is 4. The number of nitrogens with zero attached hydrogens (tertiary/aromatic N) is 2. The summed E-state index contributed by atoms with van der Waals surface area (Å²) in [7, 11) is -0.535. The number of morpholine rings is 1. The number of carbonyl (C=O) groups is 1. The molecule has 1 unspecified atom stereocenters. The molecule has 0 aliphatic carbocycles. The Morgan fingerprint density at radius 1 is 1.52 bits per heavy atom. The average molecular weight is 315 g/mol. The summed E-state index contributed by atoms with van der Waals surface area (Å²) in [4.78, 5) is 14.3. The van der Waals surface area contributed by atoms with E-state index in [1.807, 2.05) is 6.92 Å². The van der Waals surface area contributed by atoms with Crippen LogP contribution in [0, 0.1) is 0 Å². The maximum Gasteiger partial charge on any atom is 0.270 e. The summed E-state index contributed by atoms with van der Waals surface area (Å²) in [5, 5.41) is 0. The maximum atomic E-state index is 12.5. The van der Waals surface area contributed by atoms with Crippen molar-refractivity contribution >= 4 is 15.9 Å². The van der Waals surface area contributed by atoms with Crippen LogP contribution < -0.4 is 4.72 Å². The van der Waals surface area contributed by atoms with Crippen LogP contribution in [0.15, 0.2) is 17.2 Å². The fourth-order valence-electron chi connectivity index (χ4n) is 2.32. The predicted molar refractivity (Wildman–Crippen MR) is 77.6 cm³/mol. The van der Waals surface area contributed by atoms with E-state index in [4.69, 9.17) is 4.74 Å². The minimum atomic E-state index is -3.55. The monoisotopic (exact) mass is 315 g/mol. The quantitative estimate of drug-likeness (QED) is 0.860. The first-order chi connectivity index (χ1) is 9.89. The smallest absolute Gasteiger partial charge is 0.270 e. The van der Waals surface area contributed by atoms with Crippen molar-refractivity contribution in [2.45, 2.75) is 24.3 Å². The molecule has 1 aromatic heterocycles. The highest BCUT2D eigenvalue weighted by Gasteiger charge is 2.27. The Morgan fingerprint density at radius 2 is 2.24 bits per heavy atom. The molecule has 0 saturated carbocycles. The Labute approximate surface area is 124 Å². The van der Waals surface area contributed by atoms with Gasteiger partial charge in [-0.3, -0.25) is 4.79 Å².